The molecule has 0 saturated carbocycles. The summed E-state index contributed by atoms with van der Waals surface area (Å²) in [4.78, 5) is 24.5. The number of aryl methyl sites for hydroxylation is 1. The van der Waals surface area contributed by atoms with Crippen LogP contribution in [0.25, 0.3) is 0 Å². The van der Waals surface area contributed by atoms with E-state index in [4.69, 9.17) is 27.9 Å². The Morgan fingerprint density at radius 2 is 1.71 bits per heavy atom. The number of ether oxygens (including phenoxy) is 1. The van der Waals surface area contributed by atoms with E-state index in [9.17, 15) is 9.59 Å². The minimum atomic E-state index is -0.179. The van der Waals surface area contributed by atoms with Crippen LogP contribution in [0.2, 0.25) is 10.0 Å². The van der Waals surface area contributed by atoms with Crippen molar-refractivity contribution in [2.45, 2.75) is 19.8 Å². The monoisotopic (exact) mass is 456 g/mol. The van der Waals surface area contributed by atoms with Crippen LogP contribution in [-0.4, -0.2) is 18.4 Å². The van der Waals surface area contributed by atoms with Crippen molar-refractivity contribution in [3.8, 4) is 5.75 Å². The van der Waals surface area contributed by atoms with Crippen molar-refractivity contribution in [3.05, 3.63) is 87.9 Å². The predicted octanol–water partition coefficient (Wildman–Crippen LogP) is 6.35. The quantitative estimate of drug-likeness (QED) is 0.387. The molecule has 0 bridgehead atoms. The highest BCUT2D eigenvalue weighted by Gasteiger charge is 2.09. The maximum absolute atomic E-state index is 12.3. The van der Waals surface area contributed by atoms with E-state index >= 15 is 0 Å². The molecule has 0 atom stereocenters. The predicted molar refractivity (Wildman–Crippen MR) is 125 cm³/mol. The molecule has 0 radical (unpaired) electrons. The maximum Gasteiger partial charge on any atom is 0.255 e. The molecule has 0 spiro atoms. The number of carbonyl (C=O) groups is 2. The molecular weight excluding hydrogens is 435 g/mol. The summed E-state index contributed by atoms with van der Waals surface area (Å²) >= 11 is 11.9. The second-order valence-corrected chi connectivity index (χ2v) is 7.77. The van der Waals surface area contributed by atoms with E-state index in [1.807, 2.05) is 31.2 Å². The van der Waals surface area contributed by atoms with Gasteiger partial charge in [-0.2, -0.15) is 0 Å². The van der Waals surface area contributed by atoms with Gasteiger partial charge in [0, 0.05) is 28.4 Å². The molecule has 0 saturated heterocycles. The summed E-state index contributed by atoms with van der Waals surface area (Å²) in [7, 11) is 0. The molecule has 3 aromatic carbocycles. The average molecular weight is 457 g/mol. The lowest BCUT2D eigenvalue weighted by Crippen LogP contribution is -2.14. The van der Waals surface area contributed by atoms with Gasteiger partial charge in [-0.1, -0.05) is 41.4 Å². The van der Waals surface area contributed by atoms with Crippen LogP contribution in [0.5, 0.6) is 5.75 Å². The van der Waals surface area contributed by atoms with E-state index in [1.54, 1.807) is 42.5 Å². The Balaban J connectivity index is 1.46. The Bertz CT molecular complexity index is 1070. The summed E-state index contributed by atoms with van der Waals surface area (Å²) < 4.78 is 5.59. The first-order chi connectivity index (χ1) is 14.9. The molecule has 160 valence electrons. The van der Waals surface area contributed by atoms with Gasteiger partial charge < -0.3 is 15.4 Å². The zero-order valence-electron chi connectivity index (χ0n) is 17.0. The molecule has 0 heterocycles. The number of carbonyl (C=O) groups excluding carboxylic acids is 2. The number of hydrogen-bond donors (Lipinski definition) is 2. The summed E-state index contributed by atoms with van der Waals surface area (Å²) in [6, 6.07) is 19.4. The van der Waals surface area contributed by atoms with E-state index in [2.05, 4.69) is 10.6 Å². The van der Waals surface area contributed by atoms with Crippen LogP contribution >= 0.6 is 23.2 Å². The lowest BCUT2D eigenvalue weighted by Gasteiger charge is -2.12. The highest BCUT2D eigenvalue weighted by Crippen LogP contribution is 2.27. The van der Waals surface area contributed by atoms with Crippen molar-refractivity contribution < 1.29 is 14.3 Å². The number of rotatable bonds is 8. The van der Waals surface area contributed by atoms with Crippen LogP contribution in [-0.2, 0) is 4.79 Å². The minimum absolute atomic E-state index is 0.119. The van der Waals surface area contributed by atoms with E-state index in [-0.39, 0.29) is 11.8 Å². The van der Waals surface area contributed by atoms with Crippen LogP contribution in [0, 0.1) is 6.92 Å². The first kappa shape index (κ1) is 22.7. The molecule has 2 amide bonds. The highest BCUT2D eigenvalue weighted by molar-refractivity contribution is 6.35. The molecule has 31 heavy (non-hydrogen) atoms. The third kappa shape index (κ3) is 6.74. The van der Waals surface area contributed by atoms with E-state index in [1.165, 1.54) is 0 Å². The van der Waals surface area contributed by atoms with Crippen LogP contribution < -0.4 is 15.4 Å². The van der Waals surface area contributed by atoms with Crippen molar-refractivity contribution >= 4 is 46.4 Å². The summed E-state index contributed by atoms with van der Waals surface area (Å²) in [5.74, 6) is 0.239. The minimum Gasteiger partial charge on any atom is -0.492 e. The molecule has 0 aliphatic rings. The standard InChI is InChI=1S/C24H22Cl2N2O3/c1-16-14-19(10-11-21(16)28-24(30)17-6-3-2-4-7-17)27-23(29)8-5-13-31-22-12-9-18(25)15-20(22)26/h2-4,6-7,9-12,14-15H,5,8,13H2,1H3,(H,27,29)(H,28,30). The van der Waals surface area contributed by atoms with Crippen molar-refractivity contribution in [2.24, 2.45) is 0 Å². The van der Waals surface area contributed by atoms with Gasteiger partial charge in [0.2, 0.25) is 5.91 Å². The fourth-order valence-corrected chi connectivity index (χ4v) is 3.36. The Hall–Kier alpha value is -3.02. The average Bonchev–Trinajstić information content (AvgIpc) is 2.75. The van der Waals surface area contributed by atoms with E-state index in [0.29, 0.717) is 52.2 Å². The second kappa shape index (κ2) is 10.8. The topological polar surface area (TPSA) is 67.4 Å². The molecule has 0 unspecified atom stereocenters. The molecule has 7 heteroatoms. The molecule has 0 aromatic heterocycles. The van der Waals surface area contributed by atoms with Gasteiger partial charge >= 0.3 is 0 Å². The van der Waals surface area contributed by atoms with Crippen LogP contribution in [0.15, 0.2) is 66.7 Å². The third-order valence-corrected chi connectivity index (χ3v) is 5.02. The van der Waals surface area contributed by atoms with Gasteiger partial charge in [0.15, 0.2) is 0 Å². The van der Waals surface area contributed by atoms with Gasteiger partial charge in [0.25, 0.3) is 5.91 Å². The highest BCUT2D eigenvalue weighted by atomic mass is 35.5. The molecule has 2 N–H and O–H groups in total. The number of amides is 2. The molecule has 0 fully saturated rings. The first-order valence-electron chi connectivity index (χ1n) is 9.77. The Kier molecular flexibility index (Phi) is 7.93. The molecule has 0 aliphatic carbocycles. The Labute approximate surface area is 191 Å². The van der Waals surface area contributed by atoms with E-state index < -0.39 is 0 Å². The third-order valence-electron chi connectivity index (χ3n) is 4.49. The zero-order chi connectivity index (χ0) is 22.2. The number of nitrogens with one attached hydrogen (secondary N) is 2. The van der Waals surface area contributed by atoms with Crippen LogP contribution in [0.3, 0.4) is 0 Å². The van der Waals surface area contributed by atoms with Crippen LogP contribution in [0.4, 0.5) is 11.4 Å². The van der Waals surface area contributed by atoms with Gasteiger partial charge in [-0.3, -0.25) is 9.59 Å². The first-order valence-corrected chi connectivity index (χ1v) is 10.5. The summed E-state index contributed by atoms with van der Waals surface area (Å²) in [5.41, 5.74) is 2.80. The van der Waals surface area contributed by atoms with Gasteiger partial charge in [-0.05, 0) is 67.4 Å². The lowest BCUT2D eigenvalue weighted by molar-refractivity contribution is -0.116. The van der Waals surface area contributed by atoms with Crippen LogP contribution in [0.1, 0.15) is 28.8 Å². The largest absolute Gasteiger partial charge is 0.492 e. The zero-order valence-corrected chi connectivity index (χ0v) is 18.5. The Morgan fingerprint density at radius 1 is 0.935 bits per heavy atom. The van der Waals surface area contributed by atoms with Gasteiger partial charge in [-0.15, -0.1) is 0 Å². The summed E-state index contributed by atoms with van der Waals surface area (Å²) in [6.07, 6.45) is 0.839. The molecule has 3 rings (SSSR count). The second-order valence-electron chi connectivity index (χ2n) is 6.92. The van der Waals surface area contributed by atoms with Gasteiger partial charge in [-0.25, -0.2) is 0 Å². The molecule has 5 nitrogen and oxygen atoms in total. The maximum atomic E-state index is 12.3. The van der Waals surface area contributed by atoms with Crippen molar-refractivity contribution in [1.29, 1.82) is 0 Å². The van der Waals surface area contributed by atoms with Crippen molar-refractivity contribution in [2.75, 3.05) is 17.2 Å². The number of anilines is 2. The van der Waals surface area contributed by atoms with Crippen molar-refractivity contribution in [1.82, 2.24) is 0 Å². The SMILES string of the molecule is Cc1cc(NC(=O)CCCOc2ccc(Cl)cc2Cl)ccc1NC(=O)c1ccccc1. The fraction of sp³-hybridized carbons (Fsp3) is 0.167. The Morgan fingerprint density at radius 3 is 2.42 bits per heavy atom. The van der Waals surface area contributed by atoms with Gasteiger partial charge in [0.1, 0.15) is 5.75 Å². The van der Waals surface area contributed by atoms with Crippen molar-refractivity contribution in [3.63, 3.8) is 0 Å². The van der Waals surface area contributed by atoms with Gasteiger partial charge in [0.05, 0.1) is 11.6 Å². The number of hydrogen-bond acceptors (Lipinski definition) is 3. The normalized spacial score (nSPS) is 10.4. The molecule has 3 aromatic rings. The number of benzene rings is 3. The summed E-state index contributed by atoms with van der Waals surface area (Å²) in [5, 5.41) is 6.72. The van der Waals surface area contributed by atoms with E-state index in [0.717, 1.165) is 5.56 Å². The summed E-state index contributed by atoms with van der Waals surface area (Å²) in [6.45, 7) is 2.23. The smallest absolute Gasteiger partial charge is 0.255 e. The fourth-order valence-electron chi connectivity index (χ4n) is 2.90. The lowest BCUT2D eigenvalue weighted by atomic mass is 10.1. The molecular formula is C24H22Cl2N2O3. The number of halogens is 2. The molecule has 0 aliphatic heterocycles.